The second kappa shape index (κ2) is 11.8. The zero-order chi connectivity index (χ0) is 28.3. The first-order valence-corrected chi connectivity index (χ1v) is 14.9. The minimum Gasteiger partial charge on any atom is -0.497 e. The summed E-state index contributed by atoms with van der Waals surface area (Å²) in [5.74, 6) is 1.89. The summed E-state index contributed by atoms with van der Waals surface area (Å²) in [5.41, 5.74) is 10.1. The molecule has 0 saturated heterocycles. The van der Waals surface area contributed by atoms with Gasteiger partial charge in [0.05, 0.1) is 25.6 Å². The molecule has 0 atom stereocenters. The molecule has 1 N–H and O–H groups in total. The second-order valence-electron chi connectivity index (χ2n) is 9.97. The molecule has 0 aliphatic heterocycles. The van der Waals surface area contributed by atoms with Crippen LogP contribution in [-0.2, 0) is 17.8 Å². The summed E-state index contributed by atoms with van der Waals surface area (Å²) in [6.45, 7) is 0.475. The van der Waals surface area contributed by atoms with E-state index in [-0.39, 0.29) is 11.9 Å². The topological polar surface area (TPSA) is 65.4 Å². The number of nitrogens with one attached hydrogen (secondary N) is 1. The van der Waals surface area contributed by atoms with E-state index in [2.05, 4.69) is 69.3 Å². The lowest BCUT2D eigenvalue weighted by Gasteiger charge is -2.22. The minimum atomic E-state index is -0.173. The molecule has 6 nitrogen and oxygen atoms in total. The molecule has 0 fully saturated rings. The Labute approximate surface area is 248 Å². The van der Waals surface area contributed by atoms with Crippen LogP contribution in [0.25, 0.3) is 22.5 Å². The van der Waals surface area contributed by atoms with Crippen molar-refractivity contribution in [3.8, 4) is 34.0 Å². The van der Waals surface area contributed by atoms with Crippen LogP contribution in [0, 0.1) is 0 Å². The van der Waals surface area contributed by atoms with Crippen LogP contribution < -0.4 is 14.8 Å². The summed E-state index contributed by atoms with van der Waals surface area (Å²) in [4.78, 5) is 12.0. The maximum absolute atomic E-state index is 12.0. The Morgan fingerprint density at radius 3 is 2.27 bits per heavy atom. The lowest BCUT2D eigenvalue weighted by Crippen LogP contribution is -2.22. The van der Waals surface area contributed by atoms with Gasteiger partial charge in [0.1, 0.15) is 17.5 Å². The number of amides is 1. The number of methoxy groups -OCH3 is 2. The summed E-state index contributed by atoms with van der Waals surface area (Å²) >= 11 is 7.40. The number of aromatic nitrogens is 2. The number of alkyl halides is 1. The number of rotatable bonds is 10. The Balaban J connectivity index is 1.48. The van der Waals surface area contributed by atoms with E-state index in [0.29, 0.717) is 18.8 Å². The summed E-state index contributed by atoms with van der Waals surface area (Å²) in [7, 11) is 3.36. The van der Waals surface area contributed by atoms with Crippen molar-refractivity contribution in [2.75, 3.05) is 20.1 Å². The van der Waals surface area contributed by atoms with Gasteiger partial charge in [0.2, 0.25) is 5.91 Å². The van der Waals surface area contributed by atoms with Crippen molar-refractivity contribution in [1.29, 1.82) is 0 Å². The summed E-state index contributed by atoms with van der Waals surface area (Å²) in [5, 5.41) is 12.5. The zero-order valence-corrected chi connectivity index (χ0v) is 24.5. The van der Waals surface area contributed by atoms with E-state index < -0.39 is 0 Å². The first kappa shape index (κ1) is 27.1. The van der Waals surface area contributed by atoms with Crippen molar-refractivity contribution in [3.63, 3.8) is 0 Å². The van der Waals surface area contributed by atoms with Crippen LogP contribution in [0.2, 0.25) is 0 Å². The molecule has 2 aromatic heterocycles. The maximum atomic E-state index is 12.0. The number of benzene rings is 3. The smallest absolute Gasteiger partial charge is 0.221 e. The van der Waals surface area contributed by atoms with Crippen molar-refractivity contribution < 1.29 is 14.3 Å². The molecule has 1 amide bonds. The average Bonchev–Trinajstić information content (AvgIpc) is 3.74. The number of halogens is 1. The Hall–Kier alpha value is -4.07. The van der Waals surface area contributed by atoms with Gasteiger partial charge in [-0.3, -0.25) is 9.48 Å². The van der Waals surface area contributed by atoms with Gasteiger partial charge >= 0.3 is 0 Å². The SMILES string of the molecule is COc1ccc(C(c2ccc(OC)cc2)n2nc(-c3ccsc3)c3c2-c2ccc(CNC(=O)CCCl)cc2C3)cc1. The molecule has 0 unspecified atom stereocenters. The summed E-state index contributed by atoms with van der Waals surface area (Å²) < 4.78 is 13.1. The fourth-order valence-electron chi connectivity index (χ4n) is 5.49. The molecule has 0 spiro atoms. The highest BCUT2D eigenvalue weighted by Crippen LogP contribution is 2.45. The van der Waals surface area contributed by atoms with Gasteiger partial charge in [-0.2, -0.15) is 16.4 Å². The van der Waals surface area contributed by atoms with E-state index >= 15 is 0 Å². The van der Waals surface area contributed by atoms with Crippen molar-refractivity contribution in [2.24, 2.45) is 0 Å². The Morgan fingerprint density at radius 2 is 1.68 bits per heavy atom. The van der Waals surface area contributed by atoms with Gasteiger partial charge in [-0.25, -0.2) is 0 Å². The van der Waals surface area contributed by atoms with Gasteiger partial charge in [0, 0.05) is 47.3 Å². The third kappa shape index (κ3) is 5.35. The fourth-order valence-corrected chi connectivity index (χ4v) is 6.30. The fraction of sp³-hybridized carbons (Fsp3) is 0.212. The lowest BCUT2D eigenvalue weighted by atomic mass is 9.97. The molecule has 41 heavy (non-hydrogen) atoms. The molecule has 0 radical (unpaired) electrons. The second-order valence-corrected chi connectivity index (χ2v) is 11.1. The van der Waals surface area contributed by atoms with E-state index in [1.165, 1.54) is 11.1 Å². The molecule has 5 aromatic rings. The highest BCUT2D eigenvalue weighted by atomic mass is 35.5. The number of nitrogens with zero attached hydrogens (tertiary/aromatic N) is 2. The number of hydrogen-bond donors (Lipinski definition) is 1. The Bertz CT molecular complexity index is 1610. The highest BCUT2D eigenvalue weighted by molar-refractivity contribution is 7.08. The number of thiophene rings is 1. The van der Waals surface area contributed by atoms with Crippen LogP contribution >= 0.6 is 22.9 Å². The lowest BCUT2D eigenvalue weighted by molar-refractivity contribution is -0.120. The van der Waals surface area contributed by atoms with E-state index in [9.17, 15) is 4.79 Å². The van der Waals surface area contributed by atoms with Gasteiger partial charge in [0.15, 0.2) is 0 Å². The molecule has 1 aliphatic carbocycles. The summed E-state index contributed by atoms with van der Waals surface area (Å²) in [6, 6.07) is 24.8. The Morgan fingerprint density at radius 1 is 1.00 bits per heavy atom. The molecule has 0 bridgehead atoms. The third-order valence-corrected chi connectivity index (χ3v) is 8.39. The van der Waals surface area contributed by atoms with Crippen molar-refractivity contribution in [3.05, 3.63) is 111 Å². The van der Waals surface area contributed by atoms with Crippen LogP contribution in [0.5, 0.6) is 11.5 Å². The van der Waals surface area contributed by atoms with Crippen molar-refractivity contribution in [2.45, 2.75) is 25.4 Å². The monoisotopic (exact) mass is 583 g/mol. The van der Waals surface area contributed by atoms with E-state index in [1.807, 2.05) is 24.3 Å². The minimum absolute atomic E-state index is 0.0407. The number of carbonyl (C=O) groups is 1. The molecule has 6 rings (SSSR count). The van der Waals surface area contributed by atoms with Gasteiger partial charge in [-0.15, -0.1) is 11.6 Å². The molecule has 3 aromatic carbocycles. The van der Waals surface area contributed by atoms with Crippen LogP contribution in [0.15, 0.2) is 83.6 Å². The van der Waals surface area contributed by atoms with Crippen LogP contribution in [0.4, 0.5) is 0 Å². The predicted octanol–water partition coefficient (Wildman–Crippen LogP) is 7.08. The van der Waals surface area contributed by atoms with Gasteiger partial charge in [0.25, 0.3) is 0 Å². The van der Waals surface area contributed by atoms with E-state index in [4.69, 9.17) is 26.2 Å². The van der Waals surface area contributed by atoms with Crippen LogP contribution in [-0.4, -0.2) is 35.8 Å². The molecular formula is C33H30ClN3O3S. The van der Waals surface area contributed by atoms with Gasteiger partial charge in [-0.05, 0) is 58.0 Å². The van der Waals surface area contributed by atoms with Crippen LogP contribution in [0.1, 0.15) is 40.3 Å². The number of carbonyl (C=O) groups excluding carboxylic acids is 1. The largest absolute Gasteiger partial charge is 0.497 e. The zero-order valence-electron chi connectivity index (χ0n) is 22.9. The Kier molecular flexibility index (Phi) is 7.81. The molecule has 0 saturated carbocycles. The number of ether oxygens (including phenoxy) is 2. The third-order valence-electron chi connectivity index (χ3n) is 7.51. The first-order chi connectivity index (χ1) is 20.1. The van der Waals surface area contributed by atoms with Gasteiger partial charge < -0.3 is 14.8 Å². The number of fused-ring (bicyclic) bond motifs is 3. The van der Waals surface area contributed by atoms with Crippen molar-refractivity contribution in [1.82, 2.24) is 15.1 Å². The standard InChI is InChI=1S/C33H30ClN3O3S/c1-39-26-8-4-22(5-9-26)32(23-6-10-27(40-2)11-7-23)37-33-28-12-3-21(19-35-30(38)13-15-34)17-25(28)18-29(33)31(36-37)24-14-16-41-20-24/h3-12,14,16-17,20,32H,13,15,18-19H2,1-2H3,(H,35,38). The summed E-state index contributed by atoms with van der Waals surface area (Å²) in [6.07, 6.45) is 1.09. The van der Waals surface area contributed by atoms with Crippen LogP contribution in [0.3, 0.4) is 0 Å². The van der Waals surface area contributed by atoms with Gasteiger partial charge in [-0.1, -0.05) is 42.5 Å². The predicted molar refractivity (Wildman–Crippen MR) is 164 cm³/mol. The molecular weight excluding hydrogens is 554 g/mol. The molecule has 208 valence electrons. The average molecular weight is 584 g/mol. The normalized spacial score (nSPS) is 11.8. The van der Waals surface area contributed by atoms with E-state index in [0.717, 1.165) is 57.1 Å². The van der Waals surface area contributed by atoms with E-state index in [1.54, 1.807) is 25.6 Å². The first-order valence-electron chi connectivity index (χ1n) is 13.5. The molecule has 2 heterocycles. The molecule has 1 aliphatic rings. The quantitative estimate of drug-likeness (QED) is 0.175. The van der Waals surface area contributed by atoms with Crippen molar-refractivity contribution >= 4 is 28.8 Å². The number of hydrogen-bond acceptors (Lipinski definition) is 5. The highest BCUT2D eigenvalue weighted by Gasteiger charge is 2.32. The maximum Gasteiger partial charge on any atom is 0.221 e. The molecule has 8 heteroatoms.